The van der Waals surface area contributed by atoms with E-state index in [1.807, 2.05) is 12.1 Å². The van der Waals surface area contributed by atoms with Gasteiger partial charge in [-0.1, -0.05) is 0 Å². The van der Waals surface area contributed by atoms with Gasteiger partial charge in [0, 0.05) is 17.3 Å². The smallest absolute Gasteiger partial charge is 0.347 e. The number of esters is 2. The molecule has 2 aliphatic rings. The maximum absolute atomic E-state index is 12.0. The second-order valence-corrected chi connectivity index (χ2v) is 7.26. The van der Waals surface area contributed by atoms with Crippen molar-refractivity contribution in [2.24, 2.45) is 0 Å². The Bertz CT molecular complexity index is 505. The van der Waals surface area contributed by atoms with Crippen LogP contribution in [0.3, 0.4) is 0 Å². The summed E-state index contributed by atoms with van der Waals surface area (Å²) in [7, 11) is 0.352. The molecule has 0 saturated carbocycles. The number of carbonyl (C=O) groups excluding carboxylic acids is 2. The van der Waals surface area contributed by atoms with Gasteiger partial charge in [0.2, 0.25) is 6.10 Å². The number of hydrogen-bond acceptors (Lipinski definition) is 4. The summed E-state index contributed by atoms with van der Waals surface area (Å²) in [5, 5.41) is 0. The van der Waals surface area contributed by atoms with Crippen LogP contribution in [0.5, 0.6) is 0 Å². The first-order valence-corrected chi connectivity index (χ1v) is 8.45. The molecule has 4 nitrogen and oxygen atoms in total. The van der Waals surface area contributed by atoms with E-state index in [0.29, 0.717) is 29.5 Å². The van der Waals surface area contributed by atoms with Crippen LogP contribution in [0, 0.1) is 0 Å². The second-order valence-electron chi connectivity index (χ2n) is 4.98. The fourth-order valence-electron chi connectivity index (χ4n) is 2.46. The van der Waals surface area contributed by atoms with Gasteiger partial charge in [-0.2, -0.15) is 0 Å². The minimum absolute atomic E-state index is 0.332. The fourth-order valence-corrected chi connectivity index (χ4v) is 4.76. The average Bonchev–Trinajstić information content (AvgIpc) is 3.12. The predicted octanol–water partition coefficient (Wildman–Crippen LogP) is 1.93. The van der Waals surface area contributed by atoms with Gasteiger partial charge in [-0.15, -0.1) is 0 Å². The lowest BCUT2D eigenvalue weighted by molar-refractivity contribution is -0.145. The summed E-state index contributed by atoms with van der Waals surface area (Å²) < 4.78 is 9.94. The van der Waals surface area contributed by atoms with E-state index in [-0.39, 0.29) is 0 Å². The number of benzene rings is 1. The summed E-state index contributed by atoms with van der Waals surface area (Å²) in [6.07, 6.45) is 2.32. The Morgan fingerprint density at radius 1 is 1.20 bits per heavy atom. The first-order valence-electron chi connectivity index (χ1n) is 6.89. The van der Waals surface area contributed by atoms with E-state index in [1.54, 1.807) is 12.1 Å². The van der Waals surface area contributed by atoms with Crippen molar-refractivity contribution < 1.29 is 19.1 Å². The highest BCUT2D eigenvalue weighted by Gasteiger charge is 2.31. The molecule has 1 atom stereocenters. The Morgan fingerprint density at radius 3 is 2.50 bits per heavy atom. The Morgan fingerprint density at radius 2 is 1.90 bits per heavy atom. The number of hydrogen-bond donors (Lipinski definition) is 0. The zero-order valence-corrected chi connectivity index (χ0v) is 12.0. The molecule has 20 heavy (non-hydrogen) atoms. The van der Waals surface area contributed by atoms with E-state index >= 15 is 0 Å². The van der Waals surface area contributed by atoms with Gasteiger partial charge in [0.15, 0.2) is 4.90 Å². The van der Waals surface area contributed by atoms with Crippen LogP contribution < -0.4 is 0 Å². The van der Waals surface area contributed by atoms with Gasteiger partial charge in [0.25, 0.3) is 0 Å². The molecule has 0 radical (unpaired) electrons. The van der Waals surface area contributed by atoms with E-state index in [4.69, 9.17) is 9.47 Å². The van der Waals surface area contributed by atoms with Crippen molar-refractivity contribution in [1.29, 1.82) is 0 Å². The molecule has 0 amide bonds. The molecule has 2 saturated heterocycles. The van der Waals surface area contributed by atoms with E-state index < -0.39 is 18.0 Å². The molecule has 2 fully saturated rings. The molecule has 2 heterocycles. The Kier molecular flexibility index (Phi) is 3.96. The van der Waals surface area contributed by atoms with Crippen molar-refractivity contribution in [2.75, 3.05) is 18.1 Å². The Labute approximate surface area is 120 Å². The summed E-state index contributed by atoms with van der Waals surface area (Å²) in [5.74, 6) is 1.63. The highest BCUT2D eigenvalue weighted by Crippen LogP contribution is 2.23. The van der Waals surface area contributed by atoms with Gasteiger partial charge in [0.1, 0.15) is 11.5 Å². The summed E-state index contributed by atoms with van der Waals surface area (Å²) in [6, 6.07) is 7.61. The number of cyclic esters (lactones) is 1. The number of carbonyl (C=O) groups is 2. The topological polar surface area (TPSA) is 52.6 Å². The Balaban J connectivity index is 1.64. The lowest BCUT2D eigenvalue weighted by atomic mass is 10.2. The third kappa shape index (κ3) is 2.82. The summed E-state index contributed by atoms with van der Waals surface area (Å²) in [6.45, 7) is 0.332. The molecule has 3 rings (SSSR count). The monoisotopic (exact) mass is 293 g/mol. The normalized spacial score (nSPS) is 22.8. The standard InChI is InChI=1S/C15H17O4S/c16-14(19-13-7-8-18-15(13)17)11-3-5-12(6-4-11)20-9-1-2-10-20/h3-6,13H,1-2,7-10H2/q+1. The summed E-state index contributed by atoms with van der Waals surface area (Å²) in [5.41, 5.74) is 0.497. The van der Waals surface area contributed by atoms with Crippen LogP contribution >= 0.6 is 0 Å². The molecule has 1 unspecified atom stereocenters. The molecule has 0 N–H and O–H groups in total. The third-order valence-corrected chi connectivity index (χ3v) is 6.09. The molecule has 1 aromatic carbocycles. The van der Waals surface area contributed by atoms with Crippen LogP contribution in [-0.2, 0) is 25.2 Å². The quantitative estimate of drug-likeness (QED) is 0.631. The van der Waals surface area contributed by atoms with E-state index in [9.17, 15) is 9.59 Å². The molecule has 5 heteroatoms. The Hall–Kier alpha value is -1.49. The molecule has 2 aliphatic heterocycles. The van der Waals surface area contributed by atoms with Gasteiger partial charge in [-0.3, -0.25) is 0 Å². The van der Waals surface area contributed by atoms with E-state index in [2.05, 4.69) is 0 Å². The molecular weight excluding hydrogens is 276 g/mol. The van der Waals surface area contributed by atoms with Crippen LogP contribution in [0.1, 0.15) is 29.6 Å². The molecule has 0 aliphatic carbocycles. The van der Waals surface area contributed by atoms with Crippen molar-refractivity contribution in [3.05, 3.63) is 29.8 Å². The van der Waals surface area contributed by atoms with Crippen LogP contribution in [-0.4, -0.2) is 36.2 Å². The highest BCUT2D eigenvalue weighted by atomic mass is 32.2. The zero-order chi connectivity index (χ0) is 13.9. The van der Waals surface area contributed by atoms with Crippen molar-refractivity contribution in [3.8, 4) is 0 Å². The summed E-state index contributed by atoms with van der Waals surface area (Å²) in [4.78, 5) is 24.5. The highest BCUT2D eigenvalue weighted by molar-refractivity contribution is 7.97. The number of ether oxygens (including phenoxy) is 2. The maximum Gasteiger partial charge on any atom is 0.347 e. The first kappa shape index (κ1) is 13.5. The van der Waals surface area contributed by atoms with Crippen molar-refractivity contribution in [1.82, 2.24) is 0 Å². The van der Waals surface area contributed by atoms with Crippen LogP contribution in [0.4, 0.5) is 0 Å². The molecular formula is C15H17O4S+. The molecule has 0 bridgehead atoms. The van der Waals surface area contributed by atoms with Gasteiger partial charge < -0.3 is 9.47 Å². The van der Waals surface area contributed by atoms with Crippen molar-refractivity contribution in [3.63, 3.8) is 0 Å². The van der Waals surface area contributed by atoms with Gasteiger partial charge >= 0.3 is 11.9 Å². The van der Waals surface area contributed by atoms with Crippen LogP contribution in [0.2, 0.25) is 0 Å². The van der Waals surface area contributed by atoms with Gasteiger partial charge in [-0.05, 0) is 37.1 Å². The maximum atomic E-state index is 12.0. The van der Waals surface area contributed by atoms with Crippen molar-refractivity contribution in [2.45, 2.75) is 30.3 Å². The SMILES string of the molecule is O=C(OC1CCOC1=O)c1ccc([S+]2CCCC2)cc1. The van der Waals surface area contributed by atoms with Crippen molar-refractivity contribution >= 4 is 22.8 Å². The first-order chi connectivity index (χ1) is 9.74. The lowest BCUT2D eigenvalue weighted by Crippen LogP contribution is -2.22. The average molecular weight is 293 g/mol. The largest absolute Gasteiger partial charge is 0.463 e. The molecule has 0 spiro atoms. The van der Waals surface area contributed by atoms with E-state index in [1.165, 1.54) is 29.2 Å². The molecule has 1 aromatic rings. The zero-order valence-electron chi connectivity index (χ0n) is 11.2. The summed E-state index contributed by atoms with van der Waals surface area (Å²) >= 11 is 0. The molecule has 106 valence electrons. The van der Waals surface area contributed by atoms with Crippen LogP contribution in [0.25, 0.3) is 0 Å². The van der Waals surface area contributed by atoms with E-state index in [0.717, 1.165) is 0 Å². The fraction of sp³-hybridized carbons (Fsp3) is 0.467. The number of rotatable bonds is 3. The third-order valence-electron chi connectivity index (χ3n) is 3.59. The second kappa shape index (κ2) is 5.87. The molecule has 0 aromatic heterocycles. The minimum Gasteiger partial charge on any atom is -0.463 e. The van der Waals surface area contributed by atoms with Gasteiger partial charge in [0.05, 0.1) is 12.2 Å². The van der Waals surface area contributed by atoms with Gasteiger partial charge in [-0.25, -0.2) is 9.59 Å². The lowest BCUT2D eigenvalue weighted by Gasteiger charge is -2.08. The predicted molar refractivity (Wildman–Crippen MR) is 75.8 cm³/mol. The minimum atomic E-state index is -0.737. The van der Waals surface area contributed by atoms with Crippen LogP contribution in [0.15, 0.2) is 29.2 Å².